The van der Waals surface area contributed by atoms with Crippen LogP contribution < -0.4 is 5.43 Å². The number of hydrogen-bond donors (Lipinski definition) is 1. The van der Waals surface area contributed by atoms with Crippen LogP contribution in [0.2, 0.25) is 0 Å². The summed E-state index contributed by atoms with van der Waals surface area (Å²) in [7, 11) is 1.49. The molecule has 0 radical (unpaired) electrons. The summed E-state index contributed by atoms with van der Waals surface area (Å²) >= 11 is 0. The van der Waals surface area contributed by atoms with Crippen molar-refractivity contribution in [2.45, 2.75) is 27.3 Å². The van der Waals surface area contributed by atoms with Crippen molar-refractivity contribution in [2.24, 2.45) is 12.1 Å². The van der Waals surface area contributed by atoms with E-state index in [4.69, 9.17) is 4.42 Å². The van der Waals surface area contributed by atoms with Gasteiger partial charge in [0.1, 0.15) is 5.76 Å². The number of aryl methyl sites for hydroxylation is 4. The van der Waals surface area contributed by atoms with Crippen LogP contribution in [0.3, 0.4) is 0 Å². The third-order valence-electron chi connectivity index (χ3n) is 3.85. The van der Waals surface area contributed by atoms with Gasteiger partial charge in [0.15, 0.2) is 5.76 Å². The van der Waals surface area contributed by atoms with Crippen LogP contribution in [0.5, 0.6) is 0 Å². The number of carbonyl (C=O) groups is 1. The smallest absolute Gasteiger partial charge is 0.307 e. The molecular formula is C17H19FN6O2. The van der Waals surface area contributed by atoms with Crippen molar-refractivity contribution in [1.29, 1.82) is 0 Å². The summed E-state index contributed by atoms with van der Waals surface area (Å²) in [6.07, 6.45) is 1.22. The Labute approximate surface area is 149 Å². The number of aromatic nitrogens is 4. The van der Waals surface area contributed by atoms with Crippen LogP contribution in [0.25, 0.3) is 0 Å². The molecule has 0 aliphatic heterocycles. The quantitative estimate of drug-likeness (QED) is 0.558. The molecule has 0 saturated heterocycles. The number of hydrogen-bond acceptors (Lipinski definition) is 5. The molecule has 0 aliphatic carbocycles. The monoisotopic (exact) mass is 358 g/mol. The first-order valence-corrected chi connectivity index (χ1v) is 7.97. The van der Waals surface area contributed by atoms with Gasteiger partial charge in [-0.05, 0) is 39.0 Å². The van der Waals surface area contributed by atoms with Crippen molar-refractivity contribution in [3.05, 3.63) is 58.3 Å². The van der Waals surface area contributed by atoms with E-state index in [1.165, 1.54) is 13.3 Å². The zero-order valence-electron chi connectivity index (χ0n) is 14.9. The van der Waals surface area contributed by atoms with Gasteiger partial charge in [-0.1, -0.05) is 0 Å². The summed E-state index contributed by atoms with van der Waals surface area (Å²) in [5, 5.41) is 12.0. The second-order valence-electron chi connectivity index (χ2n) is 5.96. The van der Waals surface area contributed by atoms with Crippen molar-refractivity contribution in [3.8, 4) is 0 Å². The van der Waals surface area contributed by atoms with Gasteiger partial charge in [-0.3, -0.25) is 9.48 Å². The van der Waals surface area contributed by atoms with E-state index >= 15 is 0 Å². The van der Waals surface area contributed by atoms with E-state index in [-0.39, 0.29) is 11.3 Å². The molecule has 3 rings (SSSR count). The number of furan rings is 1. The summed E-state index contributed by atoms with van der Waals surface area (Å²) in [4.78, 5) is 12.1. The fourth-order valence-electron chi connectivity index (χ4n) is 2.57. The van der Waals surface area contributed by atoms with Gasteiger partial charge in [-0.25, -0.2) is 10.1 Å². The van der Waals surface area contributed by atoms with Crippen LogP contribution in [0.4, 0.5) is 4.39 Å². The molecule has 1 amide bonds. The molecule has 9 heteroatoms. The molecule has 8 nitrogen and oxygen atoms in total. The first-order chi connectivity index (χ1) is 12.3. The number of amides is 1. The first-order valence-electron chi connectivity index (χ1n) is 7.97. The maximum absolute atomic E-state index is 13.8. The van der Waals surface area contributed by atoms with Crippen molar-refractivity contribution in [2.75, 3.05) is 0 Å². The average molecular weight is 358 g/mol. The van der Waals surface area contributed by atoms with Gasteiger partial charge in [-0.2, -0.15) is 19.7 Å². The normalized spacial score (nSPS) is 11.4. The van der Waals surface area contributed by atoms with Crippen LogP contribution in [0.1, 0.15) is 39.0 Å². The minimum absolute atomic E-state index is 0.113. The third kappa shape index (κ3) is 3.56. The Morgan fingerprint density at radius 1 is 1.35 bits per heavy atom. The molecule has 136 valence electrons. The number of nitrogens with zero attached hydrogens (tertiary/aromatic N) is 5. The molecule has 3 aromatic heterocycles. The van der Waals surface area contributed by atoms with Crippen molar-refractivity contribution in [3.63, 3.8) is 0 Å². The molecular weight excluding hydrogens is 339 g/mol. The Balaban J connectivity index is 1.64. The molecule has 0 aliphatic rings. The Hall–Kier alpha value is -3.23. The molecule has 1 N–H and O–H groups in total. The SMILES string of the molecule is Cc1cc(C)n(Cc2ccc(C(=O)NN=Cc3c(C)nn(C)c3F)o2)n1. The zero-order valence-corrected chi connectivity index (χ0v) is 14.9. The lowest BCUT2D eigenvalue weighted by molar-refractivity contribution is 0.0925. The molecule has 3 aromatic rings. The summed E-state index contributed by atoms with van der Waals surface area (Å²) in [6.45, 7) is 5.94. The van der Waals surface area contributed by atoms with Gasteiger partial charge in [0.05, 0.1) is 29.7 Å². The van der Waals surface area contributed by atoms with E-state index in [1.54, 1.807) is 23.7 Å². The van der Waals surface area contributed by atoms with Gasteiger partial charge < -0.3 is 4.42 Å². The van der Waals surface area contributed by atoms with Crippen LogP contribution in [0, 0.1) is 26.7 Å². The second kappa shape index (κ2) is 6.95. The fourth-order valence-corrected chi connectivity index (χ4v) is 2.57. The summed E-state index contributed by atoms with van der Waals surface area (Å²) in [5.74, 6) is -0.338. The maximum atomic E-state index is 13.8. The molecule has 0 saturated carbocycles. The van der Waals surface area contributed by atoms with Gasteiger partial charge in [-0.15, -0.1) is 0 Å². The molecule has 0 bridgehead atoms. The average Bonchev–Trinajstić information content (AvgIpc) is 3.23. The first kappa shape index (κ1) is 17.6. The molecule has 26 heavy (non-hydrogen) atoms. The summed E-state index contributed by atoms with van der Waals surface area (Å²) in [6, 6.07) is 5.23. The number of rotatable bonds is 5. The minimum atomic E-state index is -0.525. The lowest BCUT2D eigenvalue weighted by atomic mass is 10.3. The highest BCUT2D eigenvalue weighted by atomic mass is 19.1. The van der Waals surface area contributed by atoms with Gasteiger partial charge in [0, 0.05) is 12.7 Å². The summed E-state index contributed by atoms with van der Waals surface area (Å²) in [5.41, 5.74) is 4.93. The van der Waals surface area contributed by atoms with Gasteiger partial charge in [0.25, 0.3) is 0 Å². The standard InChI is InChI=1S/C17H19FN6O2/c1-10-7-11(2)24(21-10)9-13-5-6-15(26-13)17(25)20-19-8-14-12(3)22-23(4)16(14)18/h5-8H,9H2,1-4H3,(H,20,25). The number of nitrogens with one attached hydrogen (secondary N) is 1. The van der Waals surface area contributed by atoms with E-state index < -0.39 is 11.9 Å². The zero-order chi connectivity index (χ0) is 18.8. The maximum Gasteiger partial charge on any atom is 0.307 e. The highest BCUT2D eigenvalue weighted by Crippen LogP contribution is 2.12. The minimum Gasteiger partial charge on any atom is -0.454 e. The van der Waals surface area contributed by atoms with E-state index in [1.807, 2.05) is 19.9 Å². The van der Waals surface area contributed by atoms with Crippen LogP contribution in [0.15, 0.2) is 27.7 Å². The Kier molecular flexibility index (Phi) is 4.70. The Morgan fingerprint density at radius 3 is 2.73 bits per heavy atom. The molecule has 0 unspecified atom stereocenters. The largest absolute Gasteiger partial charge is 0.454 e. The van der Waals surface area contributed by atoms with Gasteiger partial charge in [0.2, 0.25) is 5.95 Å². The summed E-state index contributed by atoms with van der Waals surface area (Å²) < 4.78 is 22.2. The third-order valence-corrected chi connectivity index (χ3v) is 3.85. The van der Waals surface area contributed by atoms with E-state index in [0.29, 0.717) is 18.0 Å². The topological polar surface area (TPSA) is 90.2 Å². The predicted octanol–water partition coefficient (Wildman–Crippen LogP) is 2.09. The fraction of sp³-hybridized carbons (Fsp3) is 0.294. The lowest BCUT2D eigenvalue weighted by Gasteiger charge is -2.01. The Bertz CT molecular complexity index is 982. The van der Waals surface area contributed by atoms with E-state index in [2.05, 4.69) is 20.7 Å². The Morgan fingerprint density at radius 2 is 2.12 bits per heavy atom. The molecule has 0 aromatic carbocycles. The van der Waals surface area contributed by atoms with Gasteiger partial charge >= 0.3 is 5.91 Å². The second-order valence-corrected chi connectivity index (χ2v) is 5.96. The molecule has 0 fully saturated rings. The highest BCUT2D eigenvalue weighted by Gasteiger charge is 2.13. The molecule has 0 atom stereocenters. The lowest BCUT2D eigenvalue weighted by Crippen LogP contribution is -2.17. The predicted molar refractivity (Wildman–Crippen MR) is 92.5 cm³/mol. The van der Waals surface area contributed by atoms with Crippen LogP contribution in [-0.2, 0) is 13.6 Å². The van der Waals surface area contributed by atoms with Crippen LogP contribution in [-0.4, -0.2) is 31.7 Å². The van der Waals surface area contributed by atoms with Crippen molar-refractivity contribution < 1.29 is 13.6 Å². The highest BCUT2D eigenvalue weighted by molar-refractivity contribution is 5.92. The van der Waals surface area contributed by atoms with E-state index in [9.17, 15) is 9.18 Å². The van der Waals surface area contributed by atoms with Crippen LogP contribution >= 0.6 is 0 Å². The van der Waals surface area contributed by atoms with Crippen molar-refractivity contribution in [1.82, 2.24) is 25.0 Å². The van der Waals surface area contributed by atoms with Crippen molar-refractivity contribution >= 4 is 12.1 Å². The number of carbonyl (C=O) groups excluding carboxylic acids is 1. The van der Waals surface area contributed by atoms with E-state index in [0.717, 1.165) is 16.1 Å². The molecule has 3 heterocycles. The number of halogens is 1. The molecule has 0 spiro atoms. The number of hydrazone groups is 1.